The Labute approximate surface area is 107 Å². The van der Waals surface area contributed by atoms with Crippen LogP contribution in [0.1, 0.15) is 19.8 Å². The highest BCUT2D eigenvalue weighted by Gasteiger charge is 2.12. The molecule has 4 N–H and O–H groups in total. The molecule has 17 heavy (non-hydrogen) atoms. The molecule has 0 bridgehead atoms. The van der Waals surface area contributed by atoms with E-state index in [1.54, 1.807) is 12.1 Å². The first-order valence-corrected chi connectivity index (χ1v) is 6.00. The van der Waals surface area contributed by atoms with Crippen molar-refractivity contribution in [1.82, 2.24) is 0 Å². The number of anilines is 2. The van der Waals surface area contributed by atoms with Gasteiger partial charge in [-0.2, -0.15) is 0 Å². The first kappa shape index (κ1) is 13.6. The second kappa shape index (κ2) is 6.35. The quantitative estimate of drug-likeness (QED) is 0.764. The Morgan fingerprint density at radius 2 is 2.18 bits per heavy atom. The van der Waals surface area contributed by atoms with E-state index in [1.807, 2.05) is 11.0 Å². The molecule has 1 amide bonds. The largest absolute Gasteiger partial charge is 0.397 e. The molecule has 0 fully saturated rings. The Morgan fingerprint density at radius 3 is 2.71 bits per heavy atom. The number of benzene rings is 1. The van der Waals surface area contributed by atoms with Crippen molar-refractivity contribution in [3.05, 3.63) is 23.2 Å². The molecular formula is C12H18ClN3O. The molecule has 0 aliphatic heterocycles. The number of primary amides is 1. The summed E-state index contributed by atoms with van der Waals surface area (Å²) < 4.78 is 0. The van der Waals surface area contributed by atoms with Gasteiger partial charge in [0, 0.05) is 11.6 Å². The van der Waals surface area contributed by atoms with Gasteiger partial charge in [-0.1, -0.05) is 24.9 Å². The maximum Gasteiger partial charge on any atom is 0.236 e. The van der Waals surface area contributed by atoms with Crippen molar-refractivity contribution in [1.29, 1.82) is 0 Å². The number of carbonyl (C=O) groups is 1. The molecule has 0 aromatic heterocycles. The monoisotopic (exact) mass is 255 g/mol. The Hall–Kier alpha value is -1.42. The molecular weight excluding hydrogens is 238 g/mol. The van der Waals surface area contributed by atoms with Gasteiger partial charge in [0.15, 0.2) is 0 Å². The van der Waals surface area contributed by atoms with Crippen LogP contribution in [0.15, 0.2) is 18.2 Å². The van der Waals surface area contributed by atoms with Crippen LogP contribution in [0, 0.1) is 0 Å². The van der Waals surface area contributed by atoms with E-state index in [0.717, 1.165) is 25.1 Å². The lowest BCUT2D eigenvalue weighted by Crippen LogP contribution is -2.34. The molecule has 94 valence electrons. The minimum absolute atomic E-state index is 0.172. The minimum Gasteiger partial charge on any atom is -0.397 e. The average Bonchev–Trinajstić information content (AvgIpc) is 2.24. The zero-order valence-corrected chi connectivity index (χ0v) is 10.7. The first-order chi connectivity index (χ1) is 8.04. The smallest absolute Gasteiger partial charge is 0.236 e. The summed E-state index contributed by atoms with van der Waals surface area (Å²) in [6.45, 7) is 3.02. The van der Waals surface area contributed by atoms with E-state index < -0.39 is 0 Å². The number of nitrogens with two attached hydrogens (primary N) is 2. The fourth-order valence-electron chi connectivity index (χ4n) is 1.64. The molecule has 0 radical (unpaired) electrons. The molecule has 0 saturated heterocycles. The van der Waals surface area contributed by atoms with E-state index in [4.69, 9.17) is 23.1 Å². The standard InChI is InChI=1S/C12H18ClN3O/c1-2-3-6-16(8-12(15)17)11-5-4-9(13)7-10(11)14/h4-5,7H,2-3,6,8,14H2,1H3,(H2,15,17). The third-order valence-electron chi connectivity index (χ3n) is 2.46. The third-order valence-corrected chi connectivity index (χ3v) is 2.69. The SMILES string of the molecule is CCCCN(CC(N)=O)c1ccc(Cl)cc1N. The van der Waals surface area contributed by atoms with Gasteiger partial charge in [0.25, 0.3) is 0 Å². The van der Waals surface area contributed by atoms with Gasteiger partial charge in [0.05, 0.1) is 17.9 Å². The number of carbonyl (C=O) groups excluding carboxylic acids is 1. The summed E-state index contributed by atoms with van der Waals surface area (Å²) in [7, 11) is 0. The maximum atomic E-state index is 11.0. The summed E-state index contributed by atoms with van der Waals surface area (Å²) >= 11 is 5.84. The lowest BCUT2D eigenvalue weighted by atomic mass is 10.2. The Bertz CT molecular complexity index is 395. The topological polar surface area (TPSA) is 72.3 Å². The van der Waals surface area contributed by atoms with Crippen LogP contribution in [0.25, 0.3) is 0 Å². The summed E-state index contributed by atoms with van der Waals surface area (Å²) in [4.78, 5) is 12.9. The number of rotatable bonds is 6. The fraction of sp³-hybridized carbons (Fsp3) is 0.417. The summed E-state index contributed by atoms with van der Waals surface area (Å²) in [5.74, 6) is -0.365. The molecule has 4 nitrogen and oxygen atoms in total. The molecule has 5 heteroatoms. The molecule has 1 aromatic rings. The van der Waals surface area contributed by atoms with Gasteiger partial charge in [-0.25, -0.2) is 0 Å². The first-order valence-electron chi connectivity index (χ1n) is 5.63. The van der Waals surface area contributed by atoms with E-state index in [-0.39, 0.29) is 12.5 Å². The van der Waals surface area contributed by atoms with Crippen molar-refractivity contribution >= 4 is 28.9 Å². The van der Waals surface area contributed by atoms with Crippen LogP contribution in [0.4, 0.5) is 11.4 Å². The van der Waals surface area contributed by atoms with Crippen molar-refractivity contribution in [2.75, 3.05) is 23.7 Å². The lowest BCUT2D eigenvalue weighted by molar-refractivity contribution is -0.116. The van der Waals surface area contributed by atoms with Gasteiger partial charge in [0.1, 0.15) is 0 Å². The summed E-state index contributed by atoms with van der Waals surface area (Å²) in [5, 5.41) is 0.584. The van der Waals surface area contributed by atoms with E-state index >= 15 is 0 Å². The highest BCUT2D eigenvalue weighted by molar-refractivity contribution is 6.31. The molecule has 1 rings (SSSR count). The van der Waals surface area contributed by atoms with Crippen molar-refractivity contribution in [3.63, 3.8) is 0 Å². The predicted molar refractivity (Wildman–Crippen MR) is 72.2 cm³/mol. The van der Waals surface area contributed by atoms with E-state index in [2.05, 4.69) is 6.92 Å². The van der Waals surface area contributed by atoms with Gasteiger partial charge in [-0.05, 0) is 24.6 Å². The fourth-order valence-corrected chi connectivity index (χ4v) is 1.82. The average molecular weight is 256 g/mol. The Morgan fingerprint density at radius 1 is 1.47 bits per heavy atom. The minimum atomic E-state index is -0.365. The normalized spacial score (nSPS) is 10.2. The molecule has 0 unspecified atom stereocenters. The van der Waals surface area contributed by atoms with Crippen LogP contribution in [0.2, 0.25) is 5.02 Å². The van der Waals surface area contributed by atoms with Crippen molar-refractivity contribution < 1.29 is 4.79 Å². The number of nitrogen functional groups attached to an aromatic ring is 1. The number of hydrogen-bond donors (Lipinski definition) is 2. The van der Waals surface area contributed by atoms with Crippen molar-refractivity contribution in [2.45, 2.75) is 19.8 Å². The number of halogens is 1. The van der Waals surface area contributed by atoms with Crippen LogP contribution in [0.3, 0.4) is 0 Å². The maximum absolute atomic E-state index is 11.0. The van der Waals surface area contributed by atoms with E-state index in [1.165, 1.54) is 0 Å². The van der Waals surface area contributed by atoms with Gasteiger partial charge in [-0.15, -0.1) is 0 Å². The third kappa shape index (κ3) is 4.15. The zero-order chi connectivity index (χ0) is 12.8. The van der Waals surface area contributed by atoms with Gasteiger partial charge in [-0.3, -0.25) is 4.79 Å². The molecule has 0 aliphatic carbocycles. The van der Waals surface area contributed by atoms with Crippen LogP contribution in [-0.2, 0) is 4.79 Å². The molecule has 0 heterocycles. The molecule has 0 spiro atoms. The molecule has 0 atom stereocenters. The number of amides is 1. The van der Waals surface area contributed by atoms with Gasteiger partial charge < -0.3 is 16.4 Å². The zero-order valence-electron chi connectivity index (χ0n) is 9.95. The number of nitrogens with zero attached hydrogens (tertiary/aromatic N) is 1. The highest BCUT2D eigenvalue weighted by Crippen LogP contribution is 2.26. The van der Waals surface area contributed by atoms with Crippen molar-refractivity contribution in [3.8, 4) is 0 Å². The Kier molecular flexibility index (Phi) is 5.10. The van der Waals surface area contributed by atoms with E-state index in [9.17, 15) is 4.79 Å². The molecule has 1 aromatic carbocycles. The number of hydrogen-bond acceptors (Lipinski definition) is 3. The molecule has 0 saturated carbocycles. The predicted octanol–water partition coefficient (Wildman–Crippen LogP) is 2.01. The second-order valence-corrected chi connectivity index (χ2v) is 4.38. The summed E-state index contributed by atoms with van der Waals surface area (Å²) in [5.41, 5.74) is 12.5. The van der Waals surface area contributed by atoms with Crippen LogP contribution in [-0.4, -0.2) is 19.0 Å². The van der Waals surface area contributed by atoms with Gasteiger partial charge >= 0.3 is 0 Å². The summed E-state index contributed by atoms with van der Waals surface area (Å²) in [6.07, 6.45) is 2.03. The van der Waals surface area contributed by atoms with Gasteiger partial charge in [0.2, 0.25) is 5.91 Å². The molecule has 0 aliphatic rings. The lowest BCUT2D eigenvalue weighted by Gasteiger charge is -2.24. The van der Waals surface area contributed by atoms with Crippen LogP contribution < -0.4 is 16.4 Å². The van der Waals surface area contributed by atoms with E-state index in [0.29, 0.717) is 10.7 Å². The summed E-state index contributed by atoms with van der Waals surface area (Å²) in [6, 6.07) is 5.25. The highest BCUT2D eigenvalue weighted by atomic mass is 35.5. The van der Waals surface area contributed by atoms with Crippen molar-refractivity contribution in [2.24, 2.45) is 5.73 Å². The number of unbranched alkanes of at least 4 members (excludes halogenated alkanes) is 1. The van der Waals surface area contributed by atoms with Crippen LogP contribution in [0.5, 0.6) is 0 Å². The second-order valence-electron chi connectivity index (χ2n) is 3.94. The Balaban J connectivity index is 2.90. The van der Waals surface area contributed by atoms with Crippen LogP contribution >= 0.6 is 11.6 Å².